The van der Waals surface area contributed by atoms with Crippen molar-refractivity contribution in [2.24, 2.45) is 5.73 Å². The van der Waals surface area contributed by atoms with Crippen molar-refractivity contribution in [3.63, 3.8) is 0 Å². The van der Waals surface area contributed by atoms with Crippen molar-refractivity contribution in [3.05, 3.63) is 0 Å². The van der Waals surface area contributed by atoms with Crippen LogP contribution in [0.25, 0.3) is 0 Å². The molecule has 0 saturated carbocycles. The summed E-state index contributed by atoms with van der Waals surface area (Å²) in [6.45, 7) is 8.38. The van der Waals surface area contributed by atoms with Gasteiger partial charge < -0.3 is 11.1 Å². The van der Waals surface area contributed by atoms with Crippen LogP contribution in [0.15, 0.2) is 0 Å². The first kappa shape index (κ1) is 10.9. The molecule has 2 heteroatoms. The van der Waals surface area contributed by atoms with Crippen molar-refractivity contribution in [1.29, 1.82) is 0 Å². The smallest absolute Gasteiger partial charge is 0.0174 e. The van der Waals surface area contributed by atoms with E-state index in [0.717, 1.165) is 13.1 Å². The lowest BCUT2D eigenvalue weighted by atomic mass is 9.90. The number of rotatable bonds is 6. The summed E-state index contributed by atoms with van der Waals surface area (Å²) in [6, 6.07) is 0. The van der Waals surface area contributed by atoms with E-state index in [1.165, 1.54) is 19.3 Å². The normalized spacial score (nSPS) is 12.0. The van der Waals surface area contributed by atoms with Crippen LogP contribution in [0.4, 0.5) is 0 Å². The van der Waals surface area contributed by atoms with Crippen molar-refractivity contribution in [2.45, 2.75) is 45.6 Å². The summed E-state index contributed by atoms with van der Waals surface area (Å²) in [5.74, 6) is 0. The van der Waals surface area contributed by atoms with Gasteiger partial charge in [-0.15, -0.1) is 0 Å². The standard InChI is InChI=1S/C9H22N2/c1-4-9(5-2,6-3)11-8-7-10/h11H,4-8,10H2,1-3H3. The molecule has 0 aliphatic rings. The highest BCUT2D eigenvalue weighted by Crippen LogP contribution is 2.18. The van der Waals surface area contributed by atoms with Gasteiger partial charge in [-0.3, -0.25) is 0 Å². The van der Waals surface area contributed by atoms with E-state index in [4.69, 9.17) is 5.73 Å². The summed E-state index contributed by atoms with van der Waals surface area (Å²) in [6.07, 6.45) is 3.58. The van der Waals surface area contributed by atoms with Crippen LogP contribution in [0.1, 0.15) is 40.0 Å². The Morgan fingerprint density at radius 1 is 1.09 bits per heavy atom. The average molecular weight is 158 g/mol. The average Bonchev–Trinajstić information content (AvgIpc) is 2.08. The zero-order valence-electron chi connectivity index (χ0n) is 8.11. The molecular weight excluding hydrogens is 136 g/mol. The van der Waals surface area contributed by atoms with Gasteiger partial charge in [0.2, 0.25) is 0 Å². The Hall–Kier alpha value is -0.0800. The fourth-order valence-corrected chi connectivity index (χ4v) is 1.46. The lowest BCUT2D eigenvalue weighted by Crippen LogP contribution is -2.45. The summed E-state index contributed by atoms with van der Waals surface area (Å²) in [5.41, 5.74) is 5.78. The Morgan fingerprint density at radius 3 is 1.82 bits per heavy atom. The van der Waals surface area contributed by atoms with E-state index in [-0.39, 0.29) is 0 Å². The largest absolute Gasteiger partial charge is 0.329 e. The van der Waals surface area contributed by atoms with Crippen molar-refractivity contribution < 1.29 is 0 Å². The molecule has 0 aromatic rings. The van der Waals surface area contributed by atoms with E-state index in [0.29, 0.717) is 5.54 Å². The SMILES string of the molecule is CCC(CC)(CC)NCCN. The van der Waals surface area contributed by atoms with Gasteiger partial charge in [0.05, 0.1) is 0 Å². The van der Waals surface area contributed by atoms with Crippen LogP contribution in [0, 0.1) is 0 Å². The van der Waals surface area contributed by atoms with Gasteiger partial charge in [0.15, 0.2) is 0 Å². The van der Waals surface area contributed by atoms with Crippen LogP contribution in [0.3, 0.4) is 0 Å². The van der Waals surface area contributed by atoms with Gasteiger partial charge in [-0.1, -0.05) is 20.8 Å². The van der Waals surface area contributed by atoms with E-state index in [9.17, 15) is 0 Å². The fraction of sp³-hybridized carbons (Fsp3) is 1.00. The predicted octanol–water partition coefficient (Wildman–Crippen LogP) is 1.50. The van der Waals surface area contributed by atoms with Crippen LogP contribution in [-0.4, -0.2) is 18.6 Å². The van der Waals surface area contributed by atoms with Gasteiger partial charge in [-0.2, -0.15) is 0 Å². The van der Waals surface area contributed by atoms with Gasteiger partial charge >= 0.3 is 0 Å². The third-order valence-electron chi connectivity index (χ3n) is 2.67. The van der Waals surface area contributed by atoms with E-state index in [1.54, 1.807) is 0 Å². The van der Waals surface area contributed by atoms with Crippen molar-refractivity contribution >= 4 is 0 Å². The summed E-state index contributed by atoms with van der Waals surface area (Å²) < 4.78 is 0. The first-order valence-electron chi connectivity index (χ1n) is 4.69. The molecular formula is C9H22N2. The molecule has 0 fully saturated rings. The summed E-state index contributed by atoms with van der Waals surface area (Å²) in [7, 11) is 0. The fourth-order valence-electron chi connectivity index (χ4n) is 1.46. The predicted molar refractivity (Wildman–Crippen MR) is 50.7 cm³/mol. The Balaban J connectivity index is 3.84. The van der Waals surface area contributed by atoms with Crippen LogP contribution < -0.4 is 11.1 Å². The van der Waals surface area contributed by atoms with E-state index in [1.807, 2.05) is 0 Å². The quantitative estimate of drug-likeness (QED) is 0.615. The second-order valence-corrected chi connectivity index (χ2v) is 3.06. The minimum atomic E-state index is 0.347. The van der Waals surface area contributed by atoms with Crippen molar-refractivity contribution in [2.75, 3.05) is 13.1 Å². The number of hydrogen-bond donors (Lipinski definition) is 2. The molecule has 68 valence electrons. The molecule has 0 saturated heterocycles. The molecule has 0 aliphatic carbocycles. The Kier molecular flexibility index (Phi) is 5.51. The third-order valence-corrected chi connectivity index (χ3v) is 2.67. The van der Waals surface area contributed by atoms with Crippen LogP contribution in [0.5, 0.6) is 0 Å². The third kappa shape index (κ3) is 3.21. The number of nitrogens with two attached hydrogens (primary N) is 1. The van der Waals surface area contributed by atoms with Gasteiger partial charge in [-0.25, -0.2) is 0 Å². The molecule has 11 heavy (non-hydrogen) atoms. The minimum absolute atomic E-state index is 0.347. The first-order valence-corrected chi connectivity index (χ1v) is 4.69. The molecule has 2 nitrogen and oxygen atoms in total. The molecule has 0 aromatic heterocycles. The second kappa shape index (κ2) is 5.56. The zero-order valence-corrected chi connectivity index (χ0v) is 8.11. The molecule has 3 N–H and O–H groups in total. The minimum Gasteiger partial charge on any atom is -0.329 e. The van der Waals surface area contributed by atoms with E-state index in [2.05, 4.69) is 26.1 Å². The van der Waals surface area contributed by atoms with Gasteiger partial charge in [0.25, 0.3) is 0 Å². The number of hydrogen-bond acceptors (Lipinski definition) is 2. The van der Waals surface area contributed by atoms with Gasteiger partial charge in [0.1, 0.15) is 0 Å². The molecule has 0 heterocycles. The molecule has 0 spiro atoms. The Labute approximate surface area is 70.5 Å². The Morgan fingerprint density at radius 2 is 1.55 bits per heavy atom. The molecule has 0 aliphatic heterocycles. The molecule has 0 radical (unpaired) electrons. The highest BCUT2D eigenvalue weighted by Gasteiger charge is 2.21. The molecule has 0 unspecified atom stereocenters. The molecule has 0 amide bonds. The maximum absolute atomic E-state index is 5.44. The molecule has 0 atom stereocenters. The second-order valence-electron chi connectivity index (χ2n) is 3.06. The van der Waals surface area contributed by atoms with Gasteiger partial charge in [0, 0.05) is 18.6 Å². The monoisotopic (exact) mass is 158 g/mol. The summed E-state index contributed by atoms with van der Waals surface area (Å²) in [4.78, 5) is 0. The van der Waals surface area contributed by atoms with E-state index >= 15 is 0 Å². The lowest BCUT2D eigenvalue weighted by molar-refractivity contribution is 0.294. The number of nitrogens with one attached hydrogen (secondary N) is 1. The summed E-state index contributed by atoms with van der Waals surface area (Å²) >= 11 is 0. The highest BCUT2D eigenvalue weighted by atomic mass is 15.0. The maximum Gasteiger partial charge on any atom is 0.0174 e. The van der Waals surface area contributed by atoms with Crippen LogP contribution in [-0.2, 0) is 0 Å². The van der Waals surface area contributed by atoms with Gasteiger partial charge in [-0.05, 0) is 19.3 Å². The topological polar surface area (TPSA) is 38.0 Å². The Bertz CT molecular complexity index is 79.3. The molecule has 0 rings (SSSR count). The van der Waals surface area contributed by atoms with E-state index < -0.39 is 0 Å². The highest BCUT2D eigenvalue weighted by molar-refractivity contribution is 4.83. The summed E-state index contributed by atoms with van der Waals surface area (Å²) in [5, 5.41) is 3.51. The lowest BCUT2D eigenvalue weighted by Gasteiger charge is -2.31. The zero-order chi connectivity index (χ0) is 8.74. The van der Waals surface area contributed by atoms with Crippen molar-refractivity contribution in [1.82, 2.24) is 5.32 Å². The maximum atomic E-state index is 5.44. The van der Waals surface area contributed by atoms with Crippen LogP contribution in [0.2, 0.25) is 0 Å². The van der Waals surface area contributed by atoms with Crippen molar-refractivity contribution in [3.8, 4) is 0 Å². The first-order chi connectivity index (χ1) is 5.24. The van der Waals surface area contributed by atoms with Crippen LogP contribution >= 0.6 is 0 Å². The molecule has 0 aromatic carbocycles. The molecule has 0 bridgehead atoms.